The number of anilines is 2. The molecule has 134 valence electrons. The number of aromatic amines is 1. The number of nitrogens with two attached hydrogens (primary N) is 2. The molecule has 0 spiro atoms. The Morgan fingerprint density at radius 1 is 1.20 bits per heavy atom. The molecule has 25 heavy (non-hydrogen) atoms. The van der Waals surface area contributed by atoms with Crippen LogP contribution in [0.25, 0.3) is 22.0 Å². The van der Waals surface area contributed by atoms with E-state index in [0.717, 1.165) is 34.2 Å². The van der Waals surface area contributed by atoms with Crippen LogP contribution < -0.4 is 11.5 Å². The SMILES string of the molecule is CCCCOC.Cc1cc(-c2cc(N)ncc2Cl)c2[nH]nc(N)c2c1. The van der Waals surface area contributed by atoms with Crippen LogP contribution in [0.4, 0.5) is 11.6 Å². The number of pyridine rings is 1. The van der Waals surface area contributed by atoms with Gasteiger partial charge < -0.3 is 16.2 Å². The molecule has 0 atom stereocenters. The molecule has 0 aliphatic heterocycles. The van der Waals surface area contributed by atoms with Crippen LogP contribution in [0.5, 0.6) is 0 Å². The second kappa shape index (κ2) is 8.69. The molecule has 0 amide bonds. The normalized spacial score (nSPS) is 10.6. The Labute approximate surface area is 152 Å². The predicted molar refractivity (Wildman–Crippen MR) is 105 cm³/mol. The average Bonchev–Trinajstić information content (AvgIpc) is 2.96. The molecule has 5 N–H and O–H groups in total. The van der Waals surface area contributed by atoms with E-state index in [4.69, 9.17) is 27.8 Å². The number of fused-ring (bicyclic) bond motifs is 1. The van der Waals surface area contributed by atoms with Crippen LogP contribution in [0.3, 0.4) is 0 Å². The molecule has 0 unspecified atom stereocenters. The molecule has 2 aromatic heterocycles. The summed E-state index contributed by atoms with van der Waals surface area (Å²) in [4.78, 5) is 3.97. The topological polar surface area (TPSA) is 103 Å². The number of H-pyrrole nitrogens is 1. The van der Waals surface area contributed by atoms with Crippen LogP contribution in [-0.4, -0.2) is 28.9 Å². The van der Waals surface area contributed by atoms with E-state index in [1.807, 2.05) is 19.1 Å². The first-order chi connectivity index (χ1) is 12.0. The quantitative estimate of drug-likeness (QED) is 0.605. The smallest absolute Gasteiger partial charge is 0.153 e. The second-order valence-corrected chi connectivity index (χ2v) is 6.19. The third-order valence-corrected chi connectivity index (χ3v) is 4.02. The highest BCUT2D eigenvalue weighted by atomic mass is 35.5. The van der Waals surface area contributed by atoms with Gasteiger partial charge >= 0.3 is 0 Å². The molecule has 1 aromatic carbocycles. The number of benzene rings is 1. The van der Waals surface area contributed by atoms with E-state index < -0.39 is 0 Å². The minimum absolute atomic E-state index is 0.418. The van der Waals surface area contributed by atoms with Gasteiger partial charge in [-0.15, -0.1) is 0 Å². The molecule has 0 aliphatic carbocycles. The van der Waals surface area contributed by atoms with Crippen LogP contribution in [-0.2, 0) is 4.74 Å². The lowest BCUT2D eigenvalue weighted by molar-refractivity contribution is 0.194. The fraction of sp³-hybridized carbons (Fsp3) is 0.333. The van der Waals surface area contributed by atoms with E-state index in [0.29, 0.717) is 16.7 Å². The van der Waals surface area contributed by atoms with Crippen molar-refractivity contribution in [1.29, 1.82) is 0 Å². The predicted octanol–water partition coefficient (Wildman–Crippen LogP) is 4.18. The minimum Gasteiger partial charge on any atom is -0.385 e. The number of ether oxygens (including phenoxy) is 1. The summed E-state index contributed by atoms with van der Waals surface area (Å²) >= 11 is 6.21. The molecule has 0 saturated heterocycles. The van der Waals surface area contributed by atoms with Crippen molar-refractivity contribution in [2.75, 3.05) is 25.2 Å². The van der Waals surface area contributed by atoms with Crippen LogP contribution in [0.1, 0.15) is 25.3 Å². The Bertz CT molecular complexity index is 843. The Morgan fingerprint density at radius 2 is 1.96 bits per heavy atom. The molecule has 7 heteroatoms. The lowest BCUT2D eigenvalue weighted by Gasteiger charge is -2.08. The zero-order chi connectivity index (χ0) is 18.4. The van der Waals surface area contributed by atoms with Crippen molar-refractivity contribution < 1.29 is 4.74 Å². The third kappa shape index (κ3) is 4.61. The van der Waals surface area contributed by atoms with E-state index in [-0.39, 0.29) is 0 Å². The van der Waals surface area contributed by atoms with E-state index in [2.05, 4.69) is 22.1 Å². The molecule has 0 saturated carbocycles. The highest BCUT2D eigenvalue weighted by Crippen LogP contribution is 2.35. The molecule has 6 nitrogen and oxygen atoms in total. The average molecular weight is 362 g/mol. The Hall–Kier alpha value is -2.31. The van der Waals surface area contributed by atoms with E-state index >= 15 is 0 Å². The van der Waals surface area contributed by atoms with Gasteiger partial charge in [0.25, 0.3) is 0 Å². The first-order valence-corrected chi connectivity index (χ1v) is 8.50. The van der Waals surface area contributed by atoms with Crippen molar-refractivity contribution in [2.45, 2.75) is 26.7 Å². The van der Waals surface area contributed by atoms with Gasteiger partial charge in [0, 0.05) is 36.4 Å². The molecule has 0 radical (unpaired) electrons. The zero-order valence-electron chi connectivity index (χ0n) is 14.8. The molecule has 3 aromatic rings. The molecule has 3 rings (SSSR count). The maximum atomic E-state index is 6.21. The lowest BCUT2D eigenvalue weighted by Crippen LogP contribution is -1.92. The van der Waals surface area contributed by atoms with Gasteiger partial charge in [-0.1, -0.05) is 24.9 Å². The summed E-state index contributed by atoms with van der Waals surface area (Å²) < 4.78 is 4.78. The minimum atomic E-state index is 0.418. The standard InChI is InChI=1S/C13H12ClN5.C5H12O/c1-6-2-8(7-4-11(15)17-5-10(7)14)12-9(3-6)13(16)19-18-12;1-3-4-5-6-2/h2-5H,1H3,(H2,15,17)(H3,16,18,19);3-5H2,1-2H3. The third-order valence-electron chi connectivity index (χ3n) is 3.72. The van der Waals surface area contributed by atoms with Gasteiger partial charge in [0.15, 0.2) is 5.82 Å². The molecule has 0 bridgehead atoms. The Morgan fingerprint density at radius 3 is 2.60 bits per heavy atom. The molecule has 0 aliphatic rings. The van der Waals surface area contributed by atoms with Crippen LogP contribution in [0.2, 0.25) is 5.02 Å². The molecule has 0 fully saturated rings. The Balaban J connectivity index is 0.000000326. The monoisotopic (exact) mass is 361 g/mol. The van der Waals surface area contributed by atoms with Gasteiger partial charge in [-0.05, 0) is 37.1 Å². The fourth-order valence-electron chi connectivity index (χ4n) is 2.45. The summed E-state index contributed by atoms with van der Waals surface area (Å²) in [6, 6.07) is 5.74. The number of nitrogen functional groups attached to an aromatic ring is 2. The van der Waals surface area contributed by atoms with Gasteiger partial charge in [-0.25, -0.2) is 4.98 Å². The van der Waals surface area contributed by atoms with Crippen molar-refractivity contribution in [3.63, 3.8) is 0 Å². The number of aryl methyl sites for hydroxylation is 1. The number of hydrogen-bond donors (Lipinski definition) is 3. The summed E-state index contributed by atoms with van der Waals surface area (Å²) in [5.74, 6) is 0.889. The van der Waals surface area contributed by atoms with Gasteiger partial charge in [0.2, 0.25) is 0 Å². The molecule has 2 heterocycles. The number of hydrogen-bond acceptors (Lipinski definition) is 5. The number of aromatic nitrogens is 3. The summed E-state index contributed by atoms with van der Waals surface area (Å²) in [7, 11) is 1.73. The van der Waals surface area contributed by atoms with Gasteiger partial charge in [-0.2, -0.15) is 5.10 Å². The number of rotatable bonds is 4. The van der Waals surface area contributed by atoms with E-state index in [1.165, 1.54) is 12.8 Å². The van der Waals surface area contributed by atoms with Gasteiger partial charge in [0.1, 0.15) is 5.82 Å². The second-order valence-electron chi connectivity index (χ2n) is 5.78. The Kier molecular flexibility index (Phi) is 6.61. The highest BCUT2D eigenvalue weighted by Gasteiger charge is 2.13. The highest BCUT2D eigenvalue weighted by molar-refractivity contribution is 6.33. The number of methoxy groups -OCH3 is 1. The molecular formula is C18H24ClN5O. The van der Waals surface area contributed by atoms with E-state index in [1.54, 1.807) is 19.4 Å². The van der Waals surface area contributed by atoms with Gasteiger partial charge in [0.05, 0.1) is 10.5 Å². The maximum absolute atomic E-state index is 6.21. The van der Waals surface area contributed by atoms with Crippen LogP contribution in [0, 0.1) is 6.92 Å². The van der Waals surface area contributed by atoms with E-state index in [9.17, 15) is 0 Å². The number of nitrogens with one attached hydrogen (secondary N) is 1. The van der Waals surface area contributed by atoms with Crippen molar-refractivity contribution in [1.82, 2.24) is 15.2 Å². The number of nitrogens with zero attached hydrogens (tertiary/aromatic N) is 2. The number of unbranched alkanes of at least 4 members (excludes halogenated alkanes) is 1. The fourth-order valence-corrected chi connectivity index (χ4v) is 2.65. The summed E-state index contributed by atoms with van der Waals surface area (Å²) in [5.41, 5.74) is 15.2. The largest absolute Gasteiger partial charge is 0.385 e. The van der Waals surface area contributed by atoms with Crippen molar-refractivity contribution in [3.05, 3.63) is 35.0 Å². The van der Waals surface area contributed by atoms with Crippen molar-refractivity contribution >= 4 is 34.1 Å². The maximum Gasteiger partial charge on any atom is 0.153 e. The van der Waals surface area contributed by atoms with Gasteiger partial charge in [-0.3, -0.25) is 5.10 Å². The first-order valence-electron chi connectivity index (χ1n) is 8.12. The van der Waals surface area contributed by atoms with Crippen LogP contribution >= 0.6 is 11.6 Å². The lowest BCUT2D eigenvalue weighted by atomic mass is 10.0. The molecular weight excluding hydrogens is 338 g/mol. The first kappa shape index (κ1) is 19.0. The van der Waals surface area contributed by atoms with Crippen molar-refractivity contribution in [3.8, 4) is 11.1 Å². The van der Waals surface area contributed by atoms with Crippen LogP contribution in [0.15, 0.2) is 24.4 Å². The number of halogens is 1. The van der Waals surface area contributed by atoms with Crippen molar-refractivity contribution in [2.24, 2.45) is 0 Å². The summed E-state index contributed by atoms with van der Waals surface area (Å²) in [6.45, 7) is 5.06. The summed E-state index contributed by atoms with van der Waals surface area (Å²) in [5, 5.41) is 8.38. The zero-order valence-corrected chi connectivity index (χ0v) is 15.5. The summed E-state index contributed by atoms with van der Waals surface area (Å²) in [6.07, 6.45) is 3.96.